The minimum absolute atomic E-state index is 0. The number of likely N-dealkylation sites (tertiary alicyclic amines) is 1. The minimum Gasteiger partial charge on any atom is -0.342 e. The van der Waals surface area contributed by atoms with Crippen molar-refractivity contribution < 1.29 is 4.79 Å². The van der Waals surface area contributed by atoms with Crippen LogP contribution < -0.4 is 5.73 Å². The highest BCUT2D eigenvalue weighted by molar-refractivity contribution is 6.30. The van der Waals surface area contributed by atoms with Gasteiger partial charge < -0.3 is 10.6 Å². The molecule has 2 N–H and O–H groups in total. The number of benzene rings is 1. The van der Waals surface area contributed by atoms with Gasteiger partial charge in [0.25, 0.3) is 0 Å². The Bertz CT molecular complexity index is 544. The number of hydrogen-bond acceptors (Lipinski definition) is 2. The lowest BCUT2D eigenvalue weighted by Crippen LogP contribution is -2.47. The van der Waals surface area contributed by atoms with Crippen molar-refractivity contribution in [1.29, 1.82) is 0 Å². The predicted molar refractivity (Wildman–Crippen MR) is 97.2 cm³/mol. The van der Waals surface area contributed by atoms with E-state index in [2.05, 4.69) is 6.07 Å². The molecule has 1 heterocycles. The van der Waals surface area contributed by atoms with Gasteiger partial charge in [-0.3, -0.25) is 4.79 Å². The summed E-state index contributed by atoms with van der Waals surface area (Å²) in [4.78, 5) is 15.4. The first-order valence-corrected chi connectivity index (χ1v) is 8.79. The zero-order valence-corrected chi connectivity index (χ0v) is 15.0. The minimum atomic E-state index is -0.368. The zero-order valence-electron chi connectivity index (χ0n) is 13.5. The highest BCUT2D eigenvalue weighted by Gasteiger charge is 2.44. The van der Waals surface area contributed by atoms with E-state index >= 15 is 0 Å². The first-order valence-electron chi connectivity index (χ1n) is 8.41. The third kappa shape index (κ3) is 3.67. The van der Waals surface area contributed by atoms with Gasteiger partial charge in [0.2, 0.25) is 5.91 Å². The summed E-state index contributed by atoms with van der Waals surface area (Å²) in [6.45, 7) is 2.34. The molecule has 1 aliphatic carbocycles. The molecule has 1 aromatic carbocycles. The first-order chi connectivity index (χ1) is 10.7. The highest BCUT2D eigenvalue weighted by atomic mass is 35.5. The van der Waals surface area contributed by atoms with E-state index in [0.717, 1.165) is 55.8 Å². The van der Waals surface area contributed by atoms with E-state index in [0.29, 0.717) is 18.4 Å². The molecule has 3 rings (SSSR count). The Kier molecular flexibility index (Phi) is 6.35. The molecule has 2 fully saturated rings. The summed E-state index contributed by atoms with van der Waals surface area (Å²) in [5.74, 6) is 0.759. The monoisotopic (exact) mass is 356 g/mol. The molecule has 128 valence electrons. The van der Waals surface area contributed by atoms with Crippen LogP contribution in [-0.2, 0) is 10.2 Å². The van der Waals surface area contributed by atoms with Crippen molar-refractivity contribution in [2.24, 2.45) is 11.7 Å². The Labute approximate surface area is 150 Å². The van der Waals surface area contributed by atoms with Crippen LogP contribution in [0, 0.1) is 5.92 Å². The zero-order chi connectivity index (χ0) is 15.6. The molecule has 0 radical (unpaired) electrons. The van der Waals surface area contributed by atoms with Gasteiger partial charge in [-0.1, -0.05) is 43.0 Å². The van der Waals surface area contributed by atoms with Crippen molar-refractivity contribution in [3.8, 4) is 0 Å². The fourth-order valence-corrected chi connectivity index (χ4v) is 4.27. The van der Waals surface area contributed by atoms with E-state index in [4.69, 9.17) is 17.3 Å². The van der Waals surface area contributed by atoms with Crippen LogP contribution in [0.5, 0.6) is 0 Å². The van der Waals surface area contributed by atoms with Gasteiger partial charge in [-0.05, 0) is 49.4 Å². The normalized spacial score (nSPS) is 23.4. The molecule has 0 bridgehead atoms. The summed E-state index contributed by atoms with van der Waals surface area (Å²) in [6, 6.07) is 7.91. The van der Waals surface area contributed by atoms with E-state index in [9.17, 15) is 4.79 Å². The molecule has 1 saturated carbocycles. The maximum Gasteiger partial charge on any atom is 0.233 e. The third-order valence-corrected chi connectivity index (χ3v) is 5.64. The second-order valence-electron chi connectivity index (χ2n) is 6.79. The summed E-state index contributed by atoms with van der Waals surface area (Å²) in [7, 11) is 0. The highest BCUT2D eigenvalue weighted by Crippen LogP contribution is 2.42. The van der Waals surface area contributed by atoms with Crippen molar-refractivity contribution in [2.75, 3.05) is 19.6 Å². The van der Waals surface area contributed by atoms with Crippen molar-refractivity contribution in [1.82, 2.24) is 4.90 Å². The summed E-state index contributed by atoms with van der Waals surface area (Å²) in [5, 5.41) is 0.719. The van der Waals surface area contributed by atoms with Crippen LogP contribution >= 0.6 is 24.0 Å². The second kappa shape index (κ2) is 7.87. The molecule has 1 aromatic rings. The van der Waals surface area contributed by atoms with Crippen molar-refractivity contribution in [3.63, 3.8) is 0 Å². The molecule has 1 aliphatic heterocycles. The first kappa shape index (κ1) is 18.6. The van der Waals surface area contributed by atoms with Gasteiger partial charge in [0.05, 0.1) is 5.41 Å². The van der Waals surface area contributed by atoms with E-state index < -0.39 is 0 Å². The van der Waals surface area contributed by atoms with Crippen LogP contribution in [0.2, 0.25) is 5.02 Å². The lowest BCUT2D eigenvalue weighted by Gasteiger charge is -2.39. The Morgan fingerprint density at radius 2 is 2.04 bits per heavy atom. The third-order valence-electron chi connectivity index (χ3n) is 5.40. The number of amides is 1. The molecule has 5 heteroatoms. The molecule has 2 aliphatic rings. The van der Waals surface area contributed by atoms with Crippen LogP contribution in [0.25, 0.3) is 0 Å². The van der Waals surface area contributed by atoms with Crippen LogP contribution in [0.15, 0.2) is 24.3 Å². The summed E-state index contributed by atoms with van der Waals surface area (Å²) >= 11 is 6.19. The van der Waals surface area contributed by atoms with Gasteiger partial charge in [0.1, 0.15) is 0 Å². The number of nitrogens with zero attached hydrogens (tertiary/aromatic N) is 1. The Hall–Kier alpha value is -0.770. The summed E-state index contributed by atoms with van der Waals surface area (Å²) in [6.07, 6.45) is 6.37. The number of hydrogen-bond donors (Lipinski definition) is 1. The van der Waals surface area contributed by atoms with E-state index in [1.165, 1.54) is 6.42 Å². The smallest absolute Gasteiger partial charge is 0.233 e. The van der Waals surface area contributed by atoms with Gasteiger partial charge in [-0.15, -0.1) is 12.4 Å². The Morgan fingerprint density at radius 1 is 1.30 bits per heavy atom. The van der Waals surface area contributed by atoms with Crippen LogP contribution in [0.4, 0.5) is 0 Å². The average Bonchev–Trinajstić information content (AvgIpc) is 3.04. The SMILES string of the molecule is Cl.NCC1CCN(C(=O)C2(c3cccc(Cl)c3)CCCCC2)C1. The van der Waals surface area contributed by atoms with Gasteiger partial charge in [0, 0.05) is 18.1 Å². The van der Waals surface area contributed by atoms with Crippen LogP contribution in [-0.4, -0.2) is 30.4 Å². The molecule has 0 spiro atoms. The molecular weight excluding hydrogens is 331 g/mol. The maximum absolute atomic E-state index is 13.3. The molecular formula is C18H26Cl2N2O. The molecule has 3 nitrogen and oxygen atoms in total. The van der Waals surface area contributed by atoms with Crippen molar-refractivity contribution in [2.45, 2.75) is 43.9 Å². The standard InChI is InChI=1S/C18H25ClN2O.ClH/c19-16-6-4-5-15(11-16)18(8-2-1-3-9-18)17(22)21-10-7-14(12-20)13-21;/h4-6,11,14H,1-3,7-10,12-13,20H2;1H. The number of carbonyl (C=O) groups excluding carboxylic acids is 1. The number of rotatable bonds is 3. The average molecular weight is 357 g/mol. The van der Waals surface area contributed by atoms with Gasteiger partial charge in [-0.2, -0.15) is 0 Å². The largest absolute Gasteiger partial charge is 0.342 e. The van der Waals surface area contributed by atoms with E-state index in [-0.39, 0.29) is 17.8 Å². The lowest BCUT2D eigenvalue weighted by atomic mass is 9.68. The number of halogens is 2. The van der Waals surface area contributed by atoms with Gasteiger partial charge >= 0.3 is 0 Å². The van der Waals surface area contributed by atoms with Crippen LogP contribution in [0.3, 0.4) is 0 Å². The fourth-order valence-electron chi connectivity index (χ4n) is 4.08. The molecule has 1 atom stereocenters. The molecule has 1 amide bonds. The number of carbonyl (C=O) groups is 1. The van der Waals surface area contributed by atoms with Crippen molar-refractivity contribution >= 4 is 29.9 Å². The number of nitrogens with two attached hydrogens (primary N) is 1. The topological polar surface area (TPSA) is 46.3 Å². The fraction of sp³-hybridized carbons (Fsp3) is 0.611. The Morgan fingerprint density at radius 3 is 2.65 bits per heavy atom. The quantitative estimate of drug-likeness (QED) is 0.895. The Balaban J connectivity index is 0.00000192. The maximum atomic E-state index is 13.3. The van der Waals surface area contributed by atoms with Gasteiger partial charge in [-0.25, -0.2) is 0 Å². The predicted octanol–water partition coefficient (Wildman–Crippen LogP) is 3.77. The van der Waals surface area contributed by atoms with Gasteiger partial charge in [0.15, 0.2) is 0 Å². The molecule has 1 unspecified atom stereocenters. The van der Waals surface area contributed by atoms with E-state index in [1.807, 2.05) is 23.1 Å². The summed E-state index contributed by atoms with van der Waals surface area (Å²) in [5.41, 5.74) is 6.51. The summed E-state index contributed by atoms with van der Waals surface area (Å²) < 4.78 is 0. The molecule has 1 saturated heterocycles. The molecule has 23 heavy (non-hydrogen) atoms. The molecule has 0 aromatic heterocycles. The van der Waals surface area contributed by atoms with Crippen LogP contribution in [0.1, 0.15) is 44.1 Å². The second-order valence-corrected chi connectivity index (χ2v) is 7.23. The van der Waals surface area contributed by atoms with Crippen molar-refractivity contribution in [3.05, 3.63) is 34.9 Å². The lowest BCUT2D eigenvalue weighted by molar-refractivity contribution is -0.138. The van der Waals surface area contributed by atoms with E-state index in [1.54, 1.807) is 0 Å².